The molecule has 1 aromatic carbocycles. The van der Waals surface area contributed by atoms with Crippen molar-refractivity contribution < 1.29 is 14.6 Å². The number of hydrogen-bond acceptors (Lipinski definition) is 2. The quantitative estimate of drug-likeness (QED) is 0.592. The Bertz CT molecular complexity index is 352. The van der Waals surface area contributed by atoms with Crippen LogP contribution in [-0.2, 0) is 4.79 Å². The molecule has 86 valence electrons. The summed E-state index contributed by atoms with van der Waals surface area (Å²) >= 11 is 0. The van der Waals surface area contributed by atoms with Crippen LogP contribution in [0.5, 0.6) is 5.75 Å². The first-order valence-electron chi connectivity index (χ1n) is 5.36. The van der Waals surface area contributed by atoms with Gasteiger partial charge in [0.1, 0.15) is 5.75 Å². The normalized spacial score (nSPS) is 10.6. The van der Waals surface area contributed by atoms with E-state index in [9.17, 15) is 4.79 Å². The fraction of sp³-hybridized carbons (Fsp3) is 0.308. The minimum atomic E-state index is -0.941. The van der Waals surface area contributed by atoms with Gasteiger partial charge in [-0.15, -0.1) is 0 Å². The van der Waals surface area contributed by atoms with Crippen molar-refractivity contribution in [1.82, 2.24) is 0 Å². The minimum absolute atomic E-state index is 0.723. The van der Waals surface area contributed by atoms with Gasteiger partial charge >= 0.3 is 5.97 Å². The molecule has 3 nitrogen and oxygen atoms in total. The Hall–Kier alpha value is -1.77. The van der Waals surface area contributed by atoms with E-state index in [0.29, 0.717) is 0 Å². The summed E-state index contributed by atoms with van der Waals surface area (Å²) < 4.78 is 5.49. The first-order valence-corrected chi connectivity index (χ1v) is 5.36. The molecule has 1 rings (SSSR count). The number of rotatable bonds is 6. The molecule has 0 aliphatic rings. The maximum absolute atomic E-state index is 10.3. The van der Waals surface area contributed by atoms with E-state index in [0.717, 1.165) is 36.8 Å². The Morgan fingerprint density at radius 2 is 2.06 bits per heavy atom. The molecule has 0 saturated heterocycles. The van der Waals surface area contributed by atoms with E-state index in [1.807, 2.05) is 24.3 Å². The van der Waals surface area contributed by atoms with Gasteiger partial charge in [0.05, 0.1) is 6.61 Å². The smallest absolute Gasteiger partial charge is 0.328 e. The van der Waals surface area contributed by atoms with Gasteiger partial charge in [0.25, 0.3) is 0 Å². The molecule has 0 aliphatic heterocycles. The lowest BCUT2D eigenvalue weighted by molar-refractivity contribution is -0.131. The van der Waals surface area contributed by atoms with Crippen LogP contribution < -0.4 is 4.74 Å². The van der Waals surface area contributed by atoms with Crippen molar-refractivity contribution in [2.45, 2.75) is 19.8 Å². The van der Waals surface area contributed by atoms with Gasteiger partial charge in [0.2, 0.25) is 0 Å². The Balaban J connectivity index is 2.51. The molecule has 0 unspecified atom stereocenters. The Labute approximate surface area is 95.4 Å². The van der Waals surface area contributed by atoms with Crippen LogP contribution in [0.25, 0.3) is 6.08 Å². The van der Waals surface area contributed by atoms with Gasteiger partial charge in [0, 0.05) is 6.08 Å². The number of carboxylic acids is 1. The van der Waals surface area contributed by atoms with Crippen LogP contribution in [0.2, 0.25) is 0 Å². The molecule has 0 radical (unpaired) electrons. The van der Waals surface area contributed by atoms with Crippen LogP contribution >= 0.6 is 0 Å². The first-order chi connectivity index (χ1) is 7.72. The molecule has 0 saturated carbocycles. The summed E-state index contributed by atoms with van der Waals surface area (Å²) in [5.41, 5.74) is 0.852. The highest BCUT2D eigenvalue weighted by Crippen LogP contribution is 2.13. The van der Waals surface area contributed by atoms with Crippen molar-refractivity contribution in [1.29, 1.82) is 0 Å². The average molecular weight is 220 g/mol. The lowest BCUT2D eigenvalue weighted by atomic mass is 10.2. The summed E-state index contributed by atoms with van der Waals surface area (Å²) in [5.74, 6) is -0.121. The van der Waals surface area contributed by atoms with Crippen LogP contribution in [0.1, 0.15) is 25.3 Å². The molecule has 0 heterocycles. The van der Waals surface area contributed by atoms with Gasteiger partial charge in [0.15, 0.2) is 0 Å². The van der Waals surface area contributed by atoms with E-state index in [2.05, 4.69) is 6.92 Å². The molecule has 1 aromatic rings. The van der Waals surface area contributed by atoms with E-state index in [1.54, 1.807) is 6.08 Å². The maximum Gasteiger partial charge on any atom is 0.328 e. The van der Waals surface area contributed by atoms with Crippen molar-refractivity contribution in [2.24, 2.45) is 0 Å². The molecule has 16 heavy (non-hydrogen) atoms. The molecule has 0 aliphatic carbocycles. The zero-order chi connectivity index (χ0) is 11.8. The minimum Gasteiger partial charge on any atom is -0.494 e. The van der Waals surface area contributed by atoms with Crippen molar-refractivity contribution in [3.05, 3.63) is 35.9 Å². The Morgan fingerprint density at radius 1 is 1.38 bits per heavy atom. The van der Waals surface area contributed by atoms with Crippen molar-refractivity contribution in [3.8, 4) is 5.75 Å². The second kappa shape index (κ2) is 6.67. The number of ether oxygens (including phenoxy) is 1. The SMILES string of the molecule is CCCCOc1ccc(/C=C/C(=O)O)cc1. The topological polar surface area (TPSA) is 46.5 Å². The van der Waals surface area contributed by atoms with Gasteiger partial charge in [-0.2, -0.15) is 0 Å². The van der Waals surface area contributed by atoms with E-state index in [-0.39, 0.29) is 0 Å². The van der Waals surface area contributed by atoms with Crippen LogP contribution in [0.3, 0.4) is 0 Å². The zero-order valence-electron chi connectivity index (χ0n) is 9.35. The fourth-order valence-electron chi connectivity index (χ4n) is 1.18. The second-order valence-corrected chi connectivity index (χ2v) is 3.44. The van der Waals surface area contributed by atoms with Crippen LogP contribution in [0.4, 0.5) is 0 Å². The van der Waals surface area contributed by atoms with Crippen LogP contribution in [-0.4, -0.2) is 17.7 Å². The molecule has 0 amide bonds. The molecule has 0 atom stereocenters. The Morgan fingerprint density at radius 3 is 2.62 bits per heavy atom. The maximum atomic E-state index is 10.3. The summed E-state index contributed by atoms with van der Waals surface area (Å²) in [6, 6.07) is 7.36. The monoisotopic (exact) mass is 220 g/mol. The summed E-state index contributed by atoms with van der Waals surface area (Å²) in [6.07, 6.45) is 4.82. The molecule has 0 bridgehead atoms. The number of aliphatic carboxylic acids is 1. The van der Waals surface area contributed by atoms with E-state index >= 15 is 0 Å². The first kappa shape index (κ1) is 12.3. The fourth-order valence-corrected chi connectivity index (χ4v) is 1.18. The zero-order valence-corrected chi connectivity index (χ0v) is 9.35. The standard InChI is InChI=1S/C13H16O3/c1-2-3-10-16-12-7-4-11(5-8-12)6-9-13(14)15/h4-9H,2-3,10H2,1H3,(H,14,15)/b9-6+. The number of unbranched alkanes of at least 4 members (excludes halogenated alkanes) is 1. The highest BCUT2D eigenvalue weighted by molar-refractivity contribution is 5.85. The third-order valence-electron chi connectivity index (χ3n) is 2.07. The molecule has 1 N–H and O–H groups in total. The van der Waals surface area contributed by atoms with Gasteiger partial charge in [-0.05, 0) is 30.2 Å². The van der Waals surface area contributed by atoms with Crippen molar-refractivity contribution in [3.63, 3.8) is 0 Å². The van der Waals surface area contributed by atoms with Crippen LogP contribution in [0.15, 0.2) is 30.3 Å². The largest absolute Gasteiger partial charge is 0.494 e. The highest BCUT2D eigenvalue weighted by atomic mass is 16.5. The number of carbonyl (C=O) groups is 1. The van der Waals surface area contributed by atoms with Crippen molar-refractivity contribution in [2.75, 3.05) is 6.61 Å². The van der Waals surface area contributed by atoms with Crippen LogP contribution in [0, 0.1) is 0 Å². The summed E-state index contributed by atoms with van der Waals surface area (Å²) in [6.45, 7) is 2.84. The number of carboxylic acid groups (broad SMARTS) is 1. The second-order valence-electron chi connectivity index (χ2n) is 3.44. The number of benzene rings is 1. The molecule has 0 aromatic heterocycles. The predicted molar refractivity (Wildman–Crippen MR) is 63.5 cm³/mol. The summed E-state index contributed by atoms with van der Waals surface area (Å²) in [7, 11) is 0. The number of hydrogen-bond donors (Lipinski definition) is 1. The lowest BCUT2D eigenvalue weighted by Gasteiger charge is -2.04. The van der Waals surface area contributed by atoms with Gasteiger partial charge in [-0.1, -0.05) is 25.5 Å². The van der Waals surface area contributed by atoms with Gasteiger partial charge in [-0.3, -0.25) is 0 Å². The molecule has 3 heteroatoms. The van der Waals surface area contributed by atoms with E-state index in [4.69, 9.17) is 9.84 Å². The van der Waals surface area contributed by atoms with E-state index < -0.39 is 5.97 Å². The highest BCUT2D eigenvalue weighted by Gasteiger charge is 1.93. The van der Waals surface area contributed by atoms with E-state index in [1.165, 1.54) is 0 Å². The third-order valence-corrected chi connectivity index (χ3v) is 2.07. The summed E-state index contributed by atoms with van der Waals surface area (Å²) in [4.78, 5) is 10.3. The average Bonchev–Trinajstić information content (AvgIpc) is 2.28. The molecule has 0 spiro atoms. The third kappa shape index (κ3) is 4.64. The lowest BCUT2D eigenvalue weighted by Crippen LogP contribution is -1.95. The molecule has 0 fully saturated rings. The summed E-state index contributed by atoms with van der Waals surface area (Å²) in [5, 5.41) is 8.46. The predicted octanol–water partition coefficient (Wildman–Crippen LogP) is 2.96. The Kier molecular flexibility index (Phi) is 5.12. The van der Waals surface area contributed by atoms with Gasteiger partial charge in [-0.25, -0.2) is 4.79 Å². The molecular weight excluding hydrogens is 204 g/mol. The van der Waals surface area contributed by atoms with Crippen molar-refractivity contribution >= 4 is 12.0 Å². The van der Waals surface area contributed by atoms with Gasteiger partial charge < -0.3 is 9.84 Å². The molecular formula is C13H16O3.